The Kier molecular flexibility index (Phi) is 5.55. The van der Waals surface area contributed by atoms with Crippen LogP contribution in [0, 0.1) is 0 Å². The summed E-state index contributed by atoms with van der Waals surface area (Å²) >= 11 is 5.97. The highest BCUT2D eigenvalue weighted by Crippen LogP contribution is 2.24. The van der Waals surface area contributed by atoms with Crippen molar-refractivity contribution in [3.8, 4) is 5.75 Å². The highest BCUT2D eigenvalue weighted by molar-refractivity contribution is 6.32. The lowest BCUT2D eigenvalue weighted by Gasteiger charge is -2.09. The number of carbonyl (C=O) groups excluding carboxylic acids is 2. The molecule has 0 saturated carbocycles. The Bertz CT molecular complexity index is 668. The smallest absolute Gasteiger partial charge is 0.262 e. The maximum Gasteiger partial charge on any atom is 0.262 e. The molecular formula is C17H16ClNO3. The molecule has 2 aromatic rings. The van der Waals surface area contributed by atoms with Crippen LogP contribution in [0.2, 0.25) is 5.02 Å². The molecule has 0 unspecified atom stereocenters. The molecule has 114 valence electrons. The standard InChI is InChI=1S/C17H16ClNO3/c1-2-12-3-6-14(7-4-12)19-17(21)11-22-16-8-5-13(10-20)9-15(16)18/h3-10H,2,11H2,1H3,(H,19,21). The number of ether oxygens (including phenoxy) is 1. The maximum atomic E-state index is 11.8. The van der Waals surface area contributed by atoms with Crippen LogP contribution < -0.4 is 10.1 Å². The van der Waals surface area contributed by atoms with E-state index in [4.69, 9.17) is 16.3 Å². The number of nitrogens with one attached hydrogen (secondary N) is 1. The van der Waals surface area contributed by atoms with Gasteiger partial charge in [-0.25, -0.2) is 0 Å². The first-order valence-corrected chi connectivity index (χ1v) is 7.26. The summed E-state index contributed by atoms with van der Waals surface area (Å²) < 4.78 is 5.36. The van der Waals surface area contributed by atoms with Crippen molar-refractivity contribution in [1.82, 2.24) is 0 Å². The molecule has 0 saturated heterocycles. The lowest BCUT2D eigenvalue weighted by Crippen LogP contribution is -2.20. The highest BCUT2D eigenvalue weighted by Gasteiger charge is 2.07. The number of aldehydes is 1. The van der Waals surface area contributed by atoms with Gasteiger partial charge in [0.15, 0.2) is 6.61 Å². The van der Waals surface area contributed by atoms with E-state index < -0.39 is 0 Å². The molecule has 4 nitrogen and oxygen atoms in total. The fourth-order valence-electron chi connectivity index (χ4n) is 1.87. The van der Waals surface area contributed by atoms with E-state index in [-0.39, 0.29) is 12.5 Å². The van der Waals surface area contributed by atoms with Crippen molar-refractivity contribution in [1.29, 1.82) is 0 Å². The Balaban J connectivity index is 1.90. The molecule has 0 aromatic heterocycles. The summed E-state index contributed by atoms with van der Waals surface area (Å²) in [6.07, 6.45) is 1.65. The molecule has 0 aliphatic heterocycles. The number of benzene rings is 2. The molecule has 5 heteroatoms. The second kappa shape index (κ2) is 7.61. The summed E-state index contributed by atoms with van der Waals surface area (Å²) in [6, 6.07) is 12.3. The topological polar surface area (TPSA) is 55.4 Å². The van der Waals surface area contributed by atoms with Gasteiger partial charge in [-0.2, -0.15) is 0 Å². The first kappa shape index (κ1) is 16.0. The van der Waals surface area contributed by atoms with Crippen LogP contribution in [-0.4, -0.2) is 18.8 Å². The molecule has 0 bridgehead atoms. The van der Waals surface area contributed by atoms with Crippen molar-refractivity contribution in [3.05, 3.63) is 58.6 Å². The predicted octanol–water partition coefficient (Wildman–Crippen LogP) is 3.73. The van der Waals surface area contributed by atoms with Gasteiger partial charge in [-0.15, -0.1) is 0 Å². The molecule has 1 N–H and O–H groups in total. The normalized spacial score (nSPS) is 10.1. The van der Waals surface area contributed by atoms with Crippen LogP contribution in [0.3, 0.4) is 0 Å². The van der Waals surface area contributed by atoms with E-state index in [1.807, 2.05) is 24.3 Å². The zero-order chi connectivity index (χ0) is 15.9. The summed E-state index contributed by atoms with van der Waals surface area (Å²) in [7, 11) is 0. The largest absolute Gasteiger partial charge is 0.482 e. The molecule has 2 aromatic carbocycles. The number of halogens is 1. The monoisotopic (exact) mass is 317 g/mol. The molecule has 22 heavy (non-hydrogen) atoms. The van der Waals surface area contributed by atoms with E-state index >= 15 is 0 Å². The van der Waals surface area contributed by atoms with Gasteiger partial charge in [0, 0.05) is 11.3 Å². The number of hydrogen-bond donors (Lipinski definition) is 1. The Morgan fingerprint density at radius 2 is 1.95 bits per heavy atom. The number of anilines is 1. The minimum Gasteiger partial charge on any atom is -0.482 e. The zero-order valence-electron chi connectivity index (χ0n) is 12.1. The summed E-state index contributed by atoms with van der Waals surface area (Å²) in [5, 5.41) is 3.04. The van der Waals surface area contributed by atoms with E-state index in [1.54, 1.807) is 12.1 Å². The SMILES string of the molecule is CCc1ccc(NC(=O)COc2ccc(C=O)cc2Cl)cc1. The molecule has 0 aliphatic rings. The Hall–Kier alpha value is -2.33. The molecule has 1 amide bonds. The molecule has 0 heterocycles. The second-order valence-electron chi connectivity index (χ2n) is 4.70. The molecule has 0 radical (unpaired) electrons. The third kappa shape index (κ3) is 4.33. The van der Waals surface area contributed by atoms with Crippen LogP contribution in [0.25, 0.3) is 0 Å². The van der Waals surface area contributed by atoms with E-state index in [0.717, 1.165) is 6.42 Å². The molecule has 0 atom stereocenters. The first-order valence-electron chi connectivity index (χ1n) is 6.88. The first-order chi connectivity index (χ1) is 10.6. The minimum atomic E-state index is -0.278. The van der Waals surface area contributed by atoms with Crippen molar-refractivity contribution in [2.45, 2.75) is 13.3 Å². The number of carbonyl (C=O) groups is 2. The summed E-state index contributed by atoms with van der Waals surface area (Å²) in [5.74, 6) is 0.0866. The lowest BCUT2D eigenvalue weighted by molar-refractivity contribution is -0.118. The number of hydrogen-bond acceptors (Lipinski definition) is 3. The fraction of sp³-hybridized carbons (Fsp3) is 0.176. The van der Waals surface area contributed by atoms with Crippen LogP contribution in [0.5, 0.6) is 5.75 Å². The van der Waals surface area contributed by atoms with E-state index in [0.29, 0.717) is 28.3 Å². The molecule has 0 spiro atoms. The van der Waals surface area contributed by atoms with Crippen molar-refractivity contribution in [2.24, 2.45) is 0 Å². The third-order valence-corrected chi connectivity index (χ3v) is 3.39. The molecule has 2 rings (SSSR count). The fourth-order valence-corrected chi connectivity index (χ4v) is 2.12. The van der Waals surface area contributed by atoms with Crippen LogP contribution in [0.1, 0.15) is 22.8 Å². The van der Waals surface area contributed by atoms with Gasteiger partial charge < -0.3 is 10.1 Å². The van der Waals surface area contributed by atoms with Gasteiger partial charge in [0.05, 0.1) is 5.02 Å². The highest BCUT2D eigenvalue weighted by atomic mass is 35.5. The van der Waals surface area contributed by atoms with Crippen LogP contribution in [0.4, 0.5) is 5.69 Å². The van der Waals surface area contributed by atoms with Crippen molar-refractivity contribution >= 4 is 29.5 Å². The lowest BCUT2D eigenvalue weighted by atomic mass is 10.1. The van der Waals surface area contributed by atoms with Crippen LogP contribution in [-0.2, 0) is 11.2 Å². The van der Waals surface area contributed by atoms with Gasteiger partial charge in [0.1, 0.15) is 12.0 Å². The van der Waals surface area contributed by atoms with Crippen LogP contribution >= 0.6 is 11.6 Å². The van der Waals surface area contributed by atoms with E-state index in [9.17, 15) is 9.59 Å². The number of amides is 1. The van der Waals surface area contributed by atoms with Crippen LogP contribution in [0.15, 0.2) is 42.5 Å². The minimum absolute atomic E-state index is 0.157. The van der Waals surface area contributed by atoms with Crippen molar-refractivity contribution in [3.63, 3.8) is 0 Å². The number of rotatable bonds is 6. The summed E-state index contributed by atoms with van der Waals surface area (Å²) in [5.41, 5.74) is 2.38. The third-order valence-electron chi connectivity index (χ3n) is 3.10. The van der Waals surface area contributed by atoms with Gasteiger partial charge in [0.25, 0.3) is 5.91 Å². The molecule has 0 aliphatic carbocycles. The Morgan fingerprint density at radius 3 is 2.55 bits per heavy atom. The predicted molar refractivity (Wildman–Crippen MR) is 86.8 cm³/mol. The summed E-state index contributed by atoms with van der Waals surface area (Å²) in [4.78, 5) is 22.5. The Morgan fingerprint density at radius 1 is 1.23 bits per heavy atom. The molecule has 0 fully saturated rings. The van der Waals surface area contributed by atoms with Gasteiger partial charge in [-0.1, -0.05) is 30.7 Å². The van der Waals surface area contributed by atoms with Crippen molar-refractivity contribution < 1.29 is 14.3 Å². The zero-order valence-corrected chi connectivity index (χ0v) is 12.9. The average molecular weight is 318 g/mol. The van der Waals surface area contributed by atoms with Gasteiger partial charge in [0.2, 0.25) is 0 Å². The maximum absolute atomic E-state index is 11.8. The van der Waals surface area contributed by atoms with Crippen molar-refractivity contribution in [2.75, 3.05) is 11.9 Å². The quantitative estimate of drug-likeness (QED) is 0.826. The number of aryl methyl sites for hydroxylation is 1. The average Bonchev–Trinajstić information content (AvgIpc) is 2.54. The van der Waals surface area contributed by atoms with Gasteiger partial charge in [-0.3, -0.25) is 9.59 Å². The van der Waals surface area contributed by atoms with E-state index in [1.165, 1.54) is 11.6 Å². The summed E-state index contributed by atoms with van der Waals surface area (Å²) in [6.45, 7) is 1.91. The molecular weight excluding hydrogens is 302 g/mol. The van der Waals surface area contributed by atoms with Gasteiger partial charge >= 0.3 is 0 Å². The van der Waals surface area contributed by atoms with E-state index in [2.05, 4.69) is 12.2 Å². The Labute approximate surface area is 134 Å². The van der Waals surface area contributed by atoms with Gasteiger partial charge in [-0.05, 0) is 42.3 Å². The second-order valence-corrected chi connectivity index (χ2v) is 5.10.